The summed E-state index contributed by atoms with van der Waals surface area (Å²) in [6.45, 7) is 2.66. The molecule has 1 aromatic carbocycles. The molecule has 0 spiro atoms. The molecule has 7 nitrogen and oxygen atoms in total. The summed E-state index contributed by atoms with van der Waals surface area (Å²) in [6, 6.07) is 10.5. The van der Waals surface area contributed by atoms with Crippen LogP contribution in [0.1, 0.15) is 29.4 Å². The molecule has 1 aliphatic heterocycles. The molecule has 1 N–H and O–H groups in total. The predicted octanol–water partition coefficient (Wildman–Crippen LogP) is 4.18. The first-order chi connectivity index (χ1) is 14.9. The normalized spacial score (nSPS) is 17.5. The van der Waals surface area contributed by atoms with Crippen LogP contribution in [0.4, 0.5) is 5.69 Å². The zero-order chi connectivity index (χ0) is 22.0. The molecule has 3 aromatic rings. The number of hydrogen-bond acceptors (Lipinski definition) is 7. The van der Waals surface area contributed by atoms with E-state index in [-0.39, 0.29) is 18.4 Å². The van der Waals surface area contributed by atoms with Crippen LogP contribution in [0, 0.1) is 5.92 Å². The Kier molecular flexibility index (Phi) is 6.42. The van der Waals surface area contributed by atoms with Gasteiger partial charge in [-0.05, 0) is 60.9 Å². The standard InChI is InChI=1S/C21H22N2O5S3/c1-2-28-21(25)18-12-15-11-16(7-8-17(15)30-18)22-20(24)14-5-3-9-23(13-14)31(26,27)19-6-4-10-29-19/h4,6-8,10-12,14H,2-3,5,9,13H2,1H3,(H,22,24). The summed E-state index contributed by atoms with van der Waals surface area (Å²) in [6.07, 6.45) is 1.27. The first kappa shape index (κ1) is 21.9. The zero-order valence-corrected chi connectivity index (χ0v) is 19.3. The number of anilines is 1. The van der Waals surface area contributed by atoms with Crippen molar-refractivity contribution in [2.75, 3.05) is 25.0 Å². The van der Waals surface area contributed by atoms with Crippen molar-refractivity contribution in [1.82, 2.24) is 4.31 Å². The molecule has 31 heavy (non-hydrogen) atoms. The molecule has 164 valence electrons. The molecule has 0 bridgehead atoms. The molecule has 2 aromatic heterocycles. The third-order valence-corrected chi connectivity index (χ3v) is 9.44. The fourth-order valence-electron chi connectivity index (χ4n) is 3.58. The van der Waals surface area contributed by atoms with Crippen molar-refractivity contribution in [3.8, 4) is 0 Å². The van der Waals surface area contributed by atoms with Crippen molar-refractivity contribution in [3.63, 3.8) is 0 Å². The highest BCUT2D eigenvalue weighted by atomic mass is 32.2. The Hall–Kier alpha value is -2.27. The predicted molar refractivity (Wildman–Crippen MR) is 122 cm³/mol. The van der Waals surface area contributed by atoms with Crippen LogP contribution in [-0.2, 0) is 19.6 Å². The van der Waals surface area contributed by atoms with Gasteiger partial charge in [0.1, 0.15) is 9.09 Å². The van der Waals surface area contributed by atoms with E-state index >= 15 is 0 Å². The fourth-order valence-corrected chi connectivity index (χ4v) is 7.19. The van der Waals surface area contributed by atoms with E-state index < -0.39 is 15.9 Å². The molecular weight excluding hydrogens is 456 g/mol. The largest absolute Gasteiger partial charge is 0.462 e. The van der Waals surface area contributed by atoms with Gasteiger partial charge in [0.15, 0.2) is 0 Å². The third kappa shape index (κ3) is 4.67. The lowest BCUT2D eigenvalue weighted by atomic mass is 9.98. The number of carbonyl (C=O) groups excluding carboxylic acids is 2. The second-order valence-electron chi connectivity index (χ2n) is 7.21. The number of carbonyl (C=O) groups is 2. The molecule has 0 radical (unpaired) electrons. The van der Waals surface area contributed by atoms with Crippen LogP contribution in [0.5, 0.6) is 0 Å². The molecule has 3 heterocycles. The summed E-state index contributed by atoms with van der Waals surface area (Å²) < 4.78 is 33.3. The average Bonchev–Trinajstić information content (AvgIpc) is 3.44. The van der Waals surface area contributed by atoms with Gasteiger partial charge >= 0.3 is 5.97 Å². The smallest absolute Gasteiger partial charge is 0.348 e. The van der Waals surface area contributed by atoms with Crippen LogP contribution in [0.25, 0.3) is 10.1 Å². The maximum Gasteiger partial charge on any atom is 0.348 e. The van der Waals surface area contributed by atoms with E-state index in [1.165, 1.54) is 27.0 Å². The monoisotopic (exact) mass is 478 g/mol. The van der Waals surface area contributed by atoms with E-state index in [0.717, 1.165) is 10.1 Å². The summed E-state index contributed by atoms with van der Waals surface area (Å²) in [5, 5.41) is 5.48. The number of thiophene rings is 2. The number of ether oxygens (including phenoxy) is 1. The van der Waals surface area contributed by atoms with E-state index in [0.29, 0.717) is 40.8 Å². The molecule has 0 aliphatic carbocycles. The fraction of sp³-hybridized carbons (Fsp3) is 0.333. The maximum absolute atomic E-state index is 12.9. The molecule has 0 saturated carbocycles. The van der Waals surface area contributed by atoms with Gasteiger partial charge in [0, 0.05) is 23.5 Å². The quantitative estimate of drug-likeness (QED) is 0.537. The lowest BCUT2D eigenvalue weighted by Crippen LogP contribution is -2.43. The molecular formula is C21H22N2O5S3. The summed E-state index contributed by atoms with van der Waals surface area (Å²) in [4.78, 5) is 25.3. The number of hydrogen-bond donors (Lipinski definition) is 1. The lowest BCUT2D eigenvalue weighted by molar-refractivity contribution is -0.120. The van der Waals surface area contributed by atoms with Crippen LogP contribution >= 0.6 is 22.7 Å². The van der Waals surface area contributed by atoms with Crippen molar-refractivity contribution < 1.29 is 22.7 Å². The van der Waals surface area contributed by atoms with Gasteiger partial charge in [-0.15, -0.1) is 22.7 Å². The summed E-state index contributed by atoms with van der Waals surface area (Å²) in [5.74, 6) is -0.980. The number of amides is 1. The van der Waals surface area contributed by atoms with Gasteiger partial charge in [0.25, 0.3) is 10.0 Å². The minimum Gasteiger partial charge on any atom is -0.462 e. The van der Waals surface area contributed by atoms with E-state index in [4.69, 9.17) is 4.74 Å². The Morgan fingerprint density at radius 1 is 1.26 bits per heavy atom. The number of sulfonamides is 1. The summed E-state index contributed by atoms with van der Waals surface area (Å²) in [5.41, 5.74) is 0.615. The number of esters is 1. The number of benzene rings is 1. The van der Waals surface area contributed by atoms with Crippen LogP contribution in [0.2, 0.25) is 0 Å². The molecule has 10 heteroatoms. The minimum atomic E-state index is -3.57. The second-order valence-corrected chi connectivity index (χ2v) is 11.4. The molecule has 4 rings (SSSR count). The van der Waals surface area contributed by atoms with Crippen LogP contribution < -0.4 is 5.32 Å². The summed E-state index contributed by atoms with van der Waals surface area (Å²) >= 11 is 2.52. The number of nitrogens with zero attached hydrogens (tertiary/aromatic N) is 1. The molecule has 1 aliphatic rings. The number of rotatable bonds is 6. The van der Waals surface area contributed by atoms with Gasteiger partial charge in [-0.25, -0.2) is 13.2 Å². The molecule has 1 fully saturated rings. The number of nitrogens with one attached hydrogen (secondary N) is 1. The number of fused-ring (bicyclic) bond motifs is 1. The Bertz CT molecular complexity index is 1200. The third-order valence-electron chi connectivity index (χ3n) is 5.10. The van der Waals surface area contributed by atoms with Crippen LogP contribution in [0.3, 0.4) is 0 Å². The van der Waals surface area contributed by atoms with Crippen molar-refractivity contribution in [1.29, 1.82) is 0 Å². The zero-order valence-electron chi connectivity index (χ0n) is 16.9. The number of piperidine rings is 1. The van der Waals surface area contributed by atoms with Crippen molar-refractivity contribution in [2.45, 2.75) is 24.0 Å². The highest BCUT2D eigenvalue weighted by Crippen LogP contribution is 2.30. The SMILES string of the molecule is CCOC(=O)c1cc2cc(NC(=O)C3CCCN(S(=O)(=O)c4cccs4)C3)ccc2s1. The van der Waals surface area contributed by atoms with E-state index in [2.05, 4.69) is 5.32 Å². The first-order valence-electron chi connectivity index (χ1n) is 9.93. The van der Waals surface area contributed by atoms with E-state index in [1.807, 2.05) is 12.1 Å². The Morgan fingerprint density at radius 3 is 2.84 bits per heavy atom. The summed E-state index contributed by atoms with van der Waals surface area (Å²) in [7, 11) is -3.57. The Labute approximate surface area is 188 Å². The Balaban J connectivity index is 1.46. The molecule has 1 unspecified atom stereocenters. The van der Waals surface area contributed by atoms with Crippen molar-refractivity contribution in [3.05, 3.63) is 46.7 Å². The van der Waals surface area contributed by atoms with Crippen LogP contribution in [0.15, 0.2) is 46.0 Å². The van der Waals surface area contributed by atoms with Gasteiger partial charge < -0.3 is 10.1 Å². The van der Waals surface area contributed by atoms with E-state index in [1.54, 1.807) is 36.6 Å². The van der Waals surface area contributed by atoms with Gasteiger partial charge in [-0.3, -0.25) is 4.79 Å². The van der Waals surface area contributed by atoms with Gasteiger partial charge in [0.2, 0.25) is 5.91 Å². The van der Waals surface area contributed by atoms with Gasteiger partial charge in [0.05, 0.1) is 12.5 Å². The van der Waals surface area contributed by atoms with Gasteiger partial charge in [-0.1, -0.05) is 6.07 Å². The van der Waals surface area contributed by atoms with E-state index in [9.17, 15) is 18.0 Å². The maximum atomic E-state index is 12.9. The van der Waals surface area contributed by atoms with Gasteiger partial charge in [-0.2, -0.15) is 4.31 Å². The average molecular weight is 479 g/mol. The van der Waals surface area contributed by atoms with Crippen molar-refractivity contribution in [2.24, 2.45) is 5.92 Å². The highest BCUT2D eigenvalue weighted by Gasteiger charge is 2.33. The molecule has 1 amide bonds. The van der Waals surface area contributed by atoms with Crippen molar-refractivity contribution >= 4 is 60.3 Å². The topological polar surface area (TPSA) is 92.8 Å². The highest BCUT2D eigenvalue weighted by molar-refractivity contribution is 7.91. The lowest BCUT2D eigenvalue weighted by Gasteiger charge is -2.30. The van der Waals surface area contributed by atoms with Crippen LogP contribution in [-0.4, -0.2) is 44.3 Å². The molecule has 1 saturated heterocycles. The molecule has 1 atom stereocenters. The first-order valence-corrected chi connectivity index (χ1v) is 13.1. The second kappa shape index (κ2) is 9.07. The Morgan fingerprint density at radius 2 is 2.10 bits per heavy atom. The minimum absolute atomic E-state index is 0.166.